The van der Waals surface area contributed by atoms with E-state index in [0.29, 0.717) is 11.6 Å². The van der Waals surface area contributed by atoms with E-state index in [4.69, 9.17) is 11.6 Å². The van der Waals surface area contributed by atoms with Gasteiger partial charge in [0.15, 0.2) is 0 Å². The first-order valence-electron chi connectivity index (χ1n) is 9.04. The zero-order chi connectivity index (χ0) is 20.1. The second-order valence-electron chi connectivity index (χ2n) is 6.84. The topological polar surface area (TPSA) is 52.7 Å². The number of anilines is 2. The molecular formula is C22H22ClN3O2. The van der Waals surface area contributed by atoms with Crippen LogP contribution in [0.1, 0.15) is 12.0 Å². The Morgan fingerprint density at radius 3 is 2.50 bits per heavy atom. The predicted octanol–water partition coefficient (Wildman–Crippen LogP) is 2.93. The molecule has 1 N–H and O–H groups in total. The summed E-state index contributed by atoms with van der Waals surface area (Å²) >= 11 is 5.89. The molecule has 1 unspecified atom stereocenters. The van der Waals surface area contributed by atoms with Gasteiger partial charge in [-0.25, -0.2) is 0 Å². The van der Waals surface area contributed by atoms with E-state index in [2.05, 4.69) is 17.2 Å². The molecule has 2 amide bonds. The number of benzene rings is 2. The number of nitrogens with zero attached hydrogens (tertiary/aromatic N) is 2. The van der Waals surface area contributed by atoms with Crippen molar-refractivity contribution in [2.75, 3.05) is 37.0 Å². The number of halogens is 1. The first kappa shape index (κ1) is 19.8. The van der Waals surface area contributed by atoms with Crippen molar-refractivity contribution < 1.29 is 9.59 Å². The Morgan fingerprint density at radius 2 is 1.86 bits per heavy atom. The van der Waals surface area contributed by atoms with Crippen molar-refractivity contribution in [1.82, 2.24) is 5.32 Å². The fraction of sp³-hybridized carbons (Fsp3) is 0.273. The summed E-state index contributed by atoms with van der Waals surface area (Å²) in [4.78, 5) is 28.3. The molecule has 0 radical (unpaired) electrons. The van der Waals surface area contributed by atoms with Crippen LogP contribution in [0, 0.1) is 17.8 Å². The van der Waals surface area contributed by atoms with E-state index in [9.17, 15) is 9.59 Å². The Bertz CT molecular complexity index is 912. The van der Waals surface area contributed by atoms with Crippen LogP contribution < -0.4 is 15.1 Å². The smallest absolute Gasteiger partial charge is 0.227 e. The second kappa shape index (κ2) is 8.81. The quantitative estimate of drug-likeness (QED) is 0.810. The van der Waals surface area contributed by atoms with Crippen LogP contribution >= 0.6 is 11.6 Å². The molecule has 28 heavy (non-hydrogen) atoms. The molecule has 1 saturated heterocycles. The van der Waals surface area contributed by atoms with E-state index in [1.807, 2.05) is 43.3 Å². The van der Waals surface area contributed by atoms with Crippen molar-refractivity contribution in [1.29, 1.82) is 0 Å². The summed E-state index contributed by atoms with van der Waals surface area (Å²) in [5, 5.41) is 3.42. The zero-order valence-electron chi connectivity index (χ0n) is 15.9. The lowest BCUT2D eigenvalue weighted by Gasteiger charge is -2.16. The minimum Gasteiger partial charge on any atom is -0.378 e. The van der Waals surface area contributed by atoms with Gasteiger partial charge < -0.3 is 15.1 Å². The molecule has 3 rings (SSSR count). The first-order chi connectivity index (χ1) is 13.4. The van der Waals surface area contributed by atoms with Crippen LogP contribution in [-0.2, 0) is 9.59 Å². The number of carbonyl (C=O) groups excluding carboxylic acids is 2. The van der Waals surface area contributed by atoms with Crippen molar-refractivity contribution in [2.45, 2.75) is 6.42 Å². The summed E-state index contributed by atoms with van der Waals surface area (Å²) < 4.78 is 0. The standard InChI is InChI=1S/C22H22ClN3O2/c1-25(2)19-9-5-16(6-10-19)4-3-13-24-22(28)17-14-21(27)26(15-17)20-11-7-18(23)8-12-20/h5-12,17H,13-15H2,1-2H3,(H,24,28). The Balaban J connectivity index is 1.52. The van der Waals surface area contributed by atoms with Crippen molar-refractivity contribution in [3.8, 4) is 11.8 Å². The van der Waals surface area contributed by atoms with Gasteiger partial charge in [0, 0.05) is 49.0 Å². The lowest BCUT2D eigenvalue weighted by atomic mass is 10.1. The number of hydrogen-bond acceptors (Lipinski definition) is 3. The predicted molar refractivity (Wildman–Crippen MR) is 113 cm³/mol. The third-order valence-electron chi connectivity index (χ3n) is 4.60. The van der Waals surface area contributed by atoms with E-state index in [1.165, 1.54) is 0 Å². The molecule has 1 aliphatic heterocycles. The molecule has 1 atom stereocenters. The van der Waals surface area contributed by atoms with Crippen LogP contribution in [0.5, 0.6) is 0 Å². The maximum Gasteiger partial charge on any atom is 0.227 e. The molecule has 1 fully saturated rings. The normalized spacial score (nSPS) is 15.8. The number of rotatable bonds is 4. The molecule has 0 spiro atoms. The molecule has 1 aliphatic rings. The monoisotopic (exact) mass is 395 g/mol. The zero-order valence-corrected chi connectivity index (χ0v) is 16.7. The van der Waals surface area contributed by atoms with Gasteiger partial charge in [0.2, 0.25) is 11.8 Å². The van der Waals surface area contributed by atoms with Crippen molar-refractivity contribution in [2.24, 2.45) is 5.92 Å². The highest BCUT2D eigenvalue weighted by Gasteiger charge is 2.34. The fourth-order valence-electron chi connectivity index (χ4n) is 3.02. The molecule has 144 valence electrons. The van der Waals surface area contributed by atoms with E-state index >= 15 is 0 Å². The van der Waals surface area contributed by atoms with Crippen LogP contribution in [0.4, 0.5) is 11.4 Å². The van der Waals surface area contributed by atoms with Crippen molar-refractivity contribution in [3.63, 3.8) is 0 Å². The van der Waals surface area contributed by atoms with Gasteiger partial charge in [0.1, 0.15) is 0 Å². The first-order valence-corrected chi connectivity index (χ1v) is 9.42. The third kappa shape index (κ3) is 4.85. The Morgan fingerprint density at radius 1 is 1.18 bits per heavy atom. The lowest BCUT2D eigenvalue weighted by molar-refractivity contribution is -0.126. The van der Waals surface area contributed by atoms with E-state index < -0.39 is 0 Å². The number of amides is 2. The highest BCUT2D eigenvalue weighted by Crippen LogP contribution is 2.26. The van der Waals surface area contributed by atoms with Gasteiger partial charge in [-0.15, -0.1) is 0 Å². The number of hydrogen-bond donors (Lipinski definition) is 1. The highest BCUT2D eigenvalue weighted by atomic mass is 35.5. The Hall–Kier alpha value is -2.97. The summed E-state index contributed by atoms with van der Waals surface area (Å²) in [5.74, 6) is 5.41. The molecule has 5 nitrogen and oxygen atoms in total. The summed E-state index contributed by atoms with van der Waals surface area (Å²) in [7, 11) is 3.97. The molecule has 0 aliphatic carbocycles. The van der Waals surface area contributed by atoms with E-state index in [0.717, 1.165) is 16.9 Å². The van der Waals surface area contributed by atoms with Gasteiger partial charge in [-0.2, -0.15) is 0 Å². The number of carbonyl (C=O) groups is 2. The summed E-state index contributed by atoms with van der Waals surface area (Å²) in [5.41, 5.74) is 2.76. The van der Waals surface area contributed by atoms with Gasteiger partial charge in [-0.05, 0) is 48.5 Å². The Kier molecular flexibility index (Phi) is 6.23. The Labute approximate surface area is 170 Å². The minimum atomic E-state index is -0.371. The van der Waals surface area contributed by atoms with E-state index in [1.54, 1.807) is 29.2 Å². The average Bonchev–Trinajstić information content (AvgIpc) is 3.08. The molecular weight excluding hydrogens is 374 g/mol. The average molecular weight is 396 g/mol. The van der Waals surface area contributed by atoms with Crippen LogP contribution in [-0.4, -0.2) is 39.0 Å². The molecule has 2 aromatic carbocycles. The molecule has 0 saturated carbocycles. The molecule has 0 bridgehead atoms. The molecule has 6 heteroatoms. The van der Waals surface area contributed by atoms with Gasteiger partial charge in [-0.3, -0.25) is 9.59 Å². The second-order valence-corrected chi connectivity index (χ2v) is 7.28. The summed E-state index contributed by atoms with van der Waals surface area (Å²) in [6.45, 7) is 0.617. The van der Waals surface area contributed by atoms with Gasteiger partial charge in [0.05, 0.1) is 12.5 Å². The van der Waals surface area contributed by atoms with Crippen molar-refractivity contribution >= 4 is 34.8 Å². The van der Waals surface area contributed by atoms with Crippen LogP contribution in [0.15, 0.2) is 48.5 Å². The summed E-state index contributed by atoms with van der Waals surface area (Å²) in [6, 6.07) is 14.9. The number of nitrogens with one attached hydrogen (secondary N) is 1. The van der Waals surface area contributed by atoms with Crippen LogP contribution in [0.3, 0.4) is 0 Å². The maximum absolute atomic E-state index is 12.4. The van der Waals surface area contributed by atoms with E-state index in [-0.39, 0.29) is 30.7 Å². The third-order valence-corrected chi connectivity index (χ3v) is 4.85. The largest absolute Gasteiger partial charge is 0.378 e. The van der Waals surface area contributed by atoms with Gasteiger partial charge >= 0.3 is 0 Å². The SMILES string of the molecule is CN(C)c1ccc(C#CCNC(=O)C2CC(=O)N(c3ccc(Cl)cc3)C2)cc1. The maximum atomic E-state index is 12.4. The molecule has 1 heterocycles. The lowest BCUT2D eigenvalue weighted by Crippen LogP contribution is -2.33. The van der Waals surface area contributed by atoms with Gasteiger partial charge in [-0.1, -0.05) is 23.4 Å². The molecule has 0 aromatic heterocycles. The van der Waals surface area contributed by atoms with Crippen LogP contribution in [0.25, 0.3) is 0 Å². The van der Waals surface area contributed by atoms with Crippen molar-refractivity contribution in [3.05, 3.63) is 59.1 Å². The van der Waals surface area contributed by atoms with Crippen LogP contribution in [0.2, 0.25) is 5.02 Å². The van der Waals surface area contributed by atoms with Gasteiger partial charge in [0.25, 0.3) is 0 Å². The fourth-order valence-corrected chi connectivity index (χ4v) is 3.14. The summed E-state index contributed by atoms with van der Waals surface area (Å²) in [6.07, 6.45) is 0.202. The minimum absolute atomic E-state index is 0.0606. The highest BCUT2D eigenvalue weighted by molar-refractivity contribution is 6.30. The molecule has 2 aromatic rings.